The van der Waals surface area contributed by atoms with Crippen molar-refractivity contribution in [1.82, 2.24) is 5.32 Å². The van der Waals surface area contributed by atoms with E-state index in [1.54, 1.807) is 7.11 Å². The van der Waals surface area contributed by atoms with E-state index in [9.17, 15) is 0 Å². The monoisotopic (exact) mass is 217 g/mol. The number of nitrogens with one attached hydrogen (secondary N) is 1. The molecule has 0 aliphatic heterocycles. The molecule has 1 aromatic rings. The van der Waals surface area contributed by atoms with Crippen molar-refractivity contribution in [2.24, 2.45) is 0 Å². The first kappa shape index (κ1) is 10.2. The lowest BCUT2D eigenvalue weighted by atomic mass is 9.96. The van der Waals surface area contributed by atoms with Gasteiger partial charge in [0.1, 0.15) is 5.75 Å². The van der Waals surface area contributed by atoms with Crippen LogP contribution in [0.4, 0.5) is 0 Å². The third-order valence-corrected chi connectivity index (χ3v) is 3.86. The summed E-state index contributed by atoms with van der Waals surface area (Å²) in [5.74, 6) is 0.953. The van der Waals surface area contributed by atoms with E-state index >= 15 is 0 Å². The molecule has 2 fully saturated rings. The first-order chi connectivity index (χ1) is 7.82. The van der Waals surface area contributed by atoms with Crippen molar-refractivity contribution < 1.29 is 4.74 Å². The van der Waals surface area contributed by atoms with Gasteiger partial charge in [0.05, 0.1) is 7.11 Å². The highest BCUT2D eigenvalue weighted by molar-refractivity contribution is 5.36. The van der Waals surface area contributed by atoms with Crippen molar-refractivity contribution in [3.05, 3.63) is 29.8 Å². The minimum absolute atomic E-state index is 0.439. The molecule has 2 heteroatoms. The van der Waals surface area contributed by atoms with Crippen LogP contribution in [0.25, 0.3) is 0 Å². The highest BCUT2D eigenvalue weighted by Crippen LogP contribution is 2.48. The molecule has 0 amide bonds. The fourth-order valence-electron chi connectivity index (χ4n) is 2.29. The zero-order valence-corrected chi connectivity index (χ0v) is 9.83. The zero-order chi connectivity index (χ0) is 11.0. The molecule has 0 heterocycles. The van der Waals surface area contributed by atoms with Crippen molar-refractivity contribution in [2.75, 3.05) is 13.7 Å². The number of hydrogen-bond acceptors (Lipinski definition) is 2. The van der Waals surface area contributed by atoms with Gasteiger partial charge in [0.2, 0.25) is 0 Å². The van der Waals surface area contributed by atoms with E-state index in [1.165, 1.54) is 31.2 Å². The average molecular weight is 217 g/mol. The molecule has 0 bridgehead atoms. The molecule has 16 heavy (non-hydrogen) atoms. The van der Waals surface area contributed by atoms with E-state index in [0.29, 0.717) is 5.41 Å². The van der Waals surface area contributed by atoms with E-state index in [-0.39, 0.29) is 0 Å². The Labute approximate surface area is 97.0 Å². The fourth-order valence-corrected chi connectivity index (χ4v) is 2.29. The molecule has 0 spiro atoms. The van der Waals surface area contributed by atoms with Crippen LogP contribution in [0.5, 0.6) is 5.75 Å². The Morgan fingerprint density at radius 2 is 1.94 bits per heavy atom. The summed E-state index contributed by atoms with van der Waals surface area (Å²) in [6.45, 7) is 1.16. The third-order valence-electron chi connectivity index (χ3n) is 3.86. The van der Waals surface area contributed by atoms with E-state index in [1.807, 2.05) is 0 Å². The summed E-state index contributed by atoms with van der Waals surface area (Å²) in [7, 11) is 1.72. The topological polar surface area (TPSA) is 21.3 Å². The SMILES string of the molecule is COc1ccc(C2(CNC3CC3)CC2)cc1. The molecule has 0 saturated heterocycles. The highest BCUT2D eigenvalue weighted by atomic mass is 16.5. The van der Waals surface area contributed by atoms with E-state index < -0.39 is 0 Å². The summed E-state index contributed by atoms with van der Waals surface area (Å²) in [6, 6.07) is 9.41. The molecule has 1 aromatic carbocycles. The smallest absolute Gasteiger partial charge is 0.118 e. The highest BCUT2D eigenvalue weighted by Gasteiger charge is 2.44. The molecule has 2 nitrogen and oxygen atoms in total. The Bertz CT molecular complexity index is 363. The Morgan fingerprint density at radius 1 is 1.25 bits per heavy atom. The van der Waals surface area contributed by atoms with Crippen LogP contribution in [-0.4, -0.2) is 19.7 Å². The van der Waals surface area contributed by atoms with Gasteiger partial charge in [0, 0.05) is 18.0 Å². The van der Waals surface area contributed by atoms with Crippen LogP contribution in [0.3, 0.4) is 0 Å². The summed E-state index contributed by atoms with van der Waals surface area (Å²) >= 11 is 0. The van der Waals surface area contributed by atoms with Crippen molar-refractivity contribution in [3.63, 3.8) is 0 Å². The van der Waals surface area contributed by atoms with Gasteiger partial charge in [-0.1, -0.05) is 12.1 Å². The molecule has 0 unspecified atom stereocenters. The van der Waals surface area contributed by atoms with Crippen molar-refractivity contribution in [3.8, 4) is 5.75 Å². The number of ether oxygens (including phenoxy) is 1. The maximum Gasteiger partial charge on any atom is 0.118 e. The lowest BCUT2D eigenvalue weighted by molar-refractivity contribution is 0.414. The molecule has 86 valence electrons. The predicted octanol–water partition coefficient (Wildman–Crippen LogP) is 2.48. The summed E-state index contributed by atoms with van der Waals surface area (Å²) in [4.78, 5) is 0. The molecule has 2 aliphatic rings. The molecular formula is C14H19NO. The van der Waals surface area contributed by atoms with Gasteiger partial charge in [0.15, 0.2) is 0 Å². The van der Waals surface area contributed by atoms with E-state index in [4.69, 9.17) is 4.74 Å². The van der Waals surface area contributed by atoms with Crippen molar-refractivity contribution in [1.29, 1.82) is 0 Å². The summed E-state index contributed by atoms with van der Waals surface area (Å²) < 4.78 is 5.19. The number of benzene rings is 1. The molecule has 0 aromatic heterocycles. The van der Waals surface area contributed by atoms with Gasteiger partial charge >= 0.3 is 0 Å². The van der Waals surface area contributed by atoms with E-state index in [0.717, 1.165) is 18.3 Å². The second-order valence-electron chi connectivity index (χ2n) is 5.16. The minimum Gasteiger partial charge on any atom is -0.497 e. The molecule has 1 N–H and O–H groups in total. The van der Waals surface area contributed by atoms with Crippen molar-refractivity contribution in [2.45, 2.75) is 37.1 Å². The molecule has 0 atom stereocenters. The molecule has 3 rings (SSSR count). The molecule has 0 radical (unpaired) electrons. The van der Waals surface area contributed by atoms with Gasteiger partial charge in [-0.05, 0) is 43.4 Å². The number of rotatable bonds is 5. The van der Waals surface area contributed by atoms with Gasteiger partial charge in [0.25, 0.3) is 0 Å². The van der Waals surface area contributed by atoms with Crippen molar-refractivity contribution >= 4 is 0 Å². The van der Waals surface area contributed by atoms with Crippen LogP contribution < -0.4 is 10.1 Å². The Kier molecular flexibility index (Phi) is 2.40. The van der Waals surface area contributed by atoms with Gasteiger partial charge in [-0.15, -0.1) is 0 Å². The van der Waals surface area contributed by atoms with Crippen LogP contribution >= 0.6 is 0 Å². The first-order valence-electron chi connectivity index (χ1n) is 6.20. The third kappa shape index (κ3) is 1.94. The molecular weight excluding hydrogens is 198 g/mol. The van der Waals surface area contributed by atoms with Gasteiger partial charge in [-0.25, -0.2) is 0 Å². The normalized spacial score (nSPS) is 21.8. The minimum atomic E-state index is 0.439. The number of methoxy groups -OCH3 is 1. The van der Waals surface area contributed by atoms with Crippen LogP contribution in [-0.2, 0) is 5.41 Å². The van der Waals surface area contributed by atoms with E-state index in [2.05, 4.69) is 29.6 Å². The van der Waals surface area contributed by atoms with Crippen LogP contribution in [0, 0.1) is 0 Å². The quantitative estimate of drug-likeness (QED) is 0.818. The van der Waals surface area contributed by atoms with Crippen LogP contribution in [0.1, 0.15) is 31.2 Å². The zero-order valence-electron chi connectivity index (χ0n) is 9.83. The predicted molar refractivity (Wildman–Crippen MR) is 64.9 cm³/mol. The first-order valence-corrected chi connectivity index (χ1v) is 6.20. The van der Waals surface area contributed by atoms with Gasteiger partial charge in [-0.2, -0.15) is 0 Å². The maximum absolute atomic E-state index is 5.19. The number of hydrogen-bond donors (Lipinski definition) is 1. The Morgan fingerprint density at radius 3 is 2.44 bits per heavy atom. The second-order valence-corrected chi connectivity index (χ2v) is 5.16. The van der Waals surface area contributed by atoms with Gasteiger partial charge < -0.3 is 10.1 Å². The fraction of sp³-hybridized carbons (Fsp3) is 0.571. The summed E-state index contributed by atoms with van der Waals surface area (Å²) in [5.41, 5.74) is 1.91. The Balaban J connectivity index is 1.69. The standard InChI is InChI=1S/C14H19NO/c1-16-13-6-2-11(3-7-13)14(8-9-14)10-15-12-4-5-12/h2-3,6-7,12,15H,4-5,8-10H2,1H3. The largest absolute Gasteiger partial charge is 0.497 e. The second kappa shape index (κ2) is 3.77. The lowest BCUT2D eigenvalue weighted by Crippen LogP contribution is -2.28. The molecule has 2 aliphatic carbocycles. The average Bonchev–Trinajstić information content (AvgIpc) is 3.21. The lowest BCUT2D eigenvalue weighted by Gasteiger charge is -2.16. The van der Waals surface area contributed by atoms with Gasteiger partial charge in [-0.3, -0.25) is 0 Å². The Hall–Kier alpha value is -1.02. The maximum atomic E-state index is 5.19. The van der Waals surface area contributed by atoms with Crippen LogP contribution in [0.2, 0.25) is 0 Å². The molecule has 2 saturated carbocycles. The summed E-state index contributed by atoms with van der Waals surface area (Å²) in [5, 5.41) is 3.66. The summed E-state index contributed by atoms with van der Waals surface area (Å²) in [6.07, 6.45) is 5.41. The van der Waals surface area contributed by atoms with Crippen LogP contribution in [0.15, 0.2) is 24.3 Å².